The summed E-state index contributed by atoms with van der Waals surface area (Å²) in [5, 5.41) is 2.90. The van der Waals surface area contributed by atoms with E-state index >= 15 is 0 Å². The molecule has 4 rings (SSSR count). The van der Waals surface area contributed by atoms with Gasteiger partial charge in [-0.15, -0.1) is 11.8 Å². The largest absolute Gasteiger partial charge is 0.476 e. The molecule has 0 saturated heterocycles. The zero-order valence-corrected chi connectivity index (χ0v) is 21.2. The van der Waals surface area contributed by atoms with Crippen LogP contribution in [0.1, 0.15) is 26.3 Å². The summed E-state index contributed by atoms with van der Waals surface area (Å²) in [7, 11) is -3.92. The summed E-state index contributed by atoms with van der Waals surface area (Å²) in [4.78, 5) is 14.3. The smallest absolute Gasteiger partial charge is 0.267 e. The Morgan fingerprint density at radius 3 is 2.38 bits per heavy atom. The van der Waals surface area contributed by atoms with E-state index in [9.17, 15) is 13.2 Å². The summed E-state index contributed by atoms with van der Waals surface area (Å²) in [5.74, 6) is -0.0441. The second-order valence-corrected chi connectivity index (χ2v) is 11.8. The number of amides is 1. The molecule has 1 heterocycles. The Kier molecular flexibility index (Phi) is 6.64. The highest BCUT2D eigenvalue weighted by Crippen LogP contribution is 2.40. The quantitative estimate of drug-likeness (QED) is 0.485. The van der Waals surface area contributed by atoms with Gasteiger partial charge >= 0.3 is 0 Å². The second-order valence-electron chi connectivity index (χ2n) is 9.08. The van der Waals surface area contributed by atoms with Gasteiger partial charge in [0, 0.05) is 4.90 Å². The Balaban J connectivity index is 1.74. The number of rotatable bonds is 5. The average molecular weight is 497 g/mol. The van der Waals surface area contributed by atoms with Crippen LogP contribution in [0.5, 0.6) is 5.75 Å². The predicted octanol–water partition coefficient (Wildman–Crippen LogP) is 5.30. The monoisotopic (exact) mass is 496 g/mol. The minimum absolute atomic E-state index is 0.134. The summed E-state index contributed by atoms with van der Waals surface area (Å²) < 4.78 is 34.7. The van der Waals surface area contributed by atoms with Gasteiger partial charge in [-0.25, -0.2) is 8.42 Å². The molecule has 3 aromatic rings. The molecule has 0 fully saturated rings. The minimum atomic E-state index is -3.92. The standard InChI is InChI=1S/C26H28N2O4S2/c1-26(2,3)18-14-15-22-21(16-18)28(34(30,31)19-10-6-5-7-11-19)17-23(32-22)25(29)27-20-12-8-9-13-24(20)33-4/h5-16,23H,17H2,1-4H3,(H,27,29)/t23-/m1/s1. The molecule has 0 spiro atoms. The van der Waals surface area contributed by atoms with E-state index in [1.807, 2.05) is 42.7 Å². The Hall–Kier alpha value is -2.97. The van der Waals surface area contributed by atoms with Crippen LogP contribution in [0.2, 0.25) is 0 Å². The second kappa shape index (κ2) is 9.35. The van der Waals surface area contributed by atoms with Gasteiger partial charge in [-0.1, -0.05) is 57.2 Å². The number of benzene rings is 3. The van der Waals surface area contributed by atoms with Crippen molar-refractivity contribution >= 4 is 39.1 Å². The molecular formula is C26H28N2O4S2. The van der Waals surface area contributed by atoms with Gasteiger partial charge in [-0.05, 0) is 53.6 Å². The van der Waals surface area contributed by atoms with E-state index in [0.29, 0.717) is 17.1 Å². The minimum Gasteiger partial charge on any atom is -0.476 e. The van der Waals surface area contributed by atoms with Crippen LogP contribution in [0.3, 0.4) is 0 Å². The van der Waals surface area contributed by atoms with Crippen LogP contribution in [-0.4, -0.2) is 33.2 Å². The number of carbonyl (C=O) groups excluding carboxylic acids is 1. The van der Waals surface area contributed by atoms with E-state index < -0.39 is 22.0 Å². The van der Waals surface area contributed by atoms with Crippen LogP contribution in [-0.2, 0) is 20.2 Å². The van der Waals surface area contributed by atoms with Crippen molar-refractivity contribution in [1.29, 1.82) is 0 Å². The first-order chi connectivity index (χ1) is 16.1. The average Bonchev–Trinajstić information content (AvgIpc) is 2.83. The summed E-state index contributed by atoms with van der Waals surface area (Å²) in [6, 6.07) is 21.2. The predicted molar refractivity (Wildman–Crippen MR) is 137 cm³/mol. The third-order valence-corrected chi connectivity index (χ3v) is 8.27. The number of para-hydroxylation sites is 1. The fourth-order valence-electron chi connectivity index (χ4n) is 3.76. The summed E-state index contributed by atoms with van der Waals surface area (Å²) in [6.45, 7) is 6.06. The van der Waals surface area contributed by atoms with Crippen molar-refractivity contribution in [2.75, 3.05) is 22.4 Å². The Bertz CT molecular complexity index is 1300. The number of sulfonamides is 1. The first kappa shape index (κ1) is 24.2. The van der Waals surface area contributed by atoms with Gasteiger partial charge in [0.1, 0.15) is 5.75 Å². The summed E-state index contributed by atoms with van der Waals surface area (Å²) in [6.07, 6.45) is 0.917. The molecule has 3 aromatic carbocycles. The zero-order chi connectivity index (χ0) is 24.5. The normalized spacial score (nSPS) is 15.9. The maximum atomic E-state index is 13.7. The molecule has 0 bridgehead atoms. The number of carbonyl (C=O) groups is 1. The lowest BCUT2D eigenvalue weighted by Gasteiger charge is -2.36. The summed E-state index contributed by atoms with van der Waals surface area (Å²) >= 11 is 1.52. The van der Waals surface area contributed by atoms with E-state index in [1.54, 1.807) is 36.4 Å². The molecule has 1 aliphatic heterocycles. The van der Waals surface area contributed by atoms with Crippen molar-refractivity contribution < 1.29 is 17.9 Å². The van der Waals surface area contributed by atoms with Crippen LogP contribution < -0.4 is 14.4 Å². The number of nitrogens with one attached hydrogen (secondary N) is 1. The highest BCUT2D eigenvalue weighted by molar-refractivity contribution is 7.98. The number of anilines is 2. The van der Waals surface area contributed by atoms with E-state index in [1.165, 1.54) is 16.1 Å². The van der Waals surface area contributed by atoms with Crippen LogP contribution >= 0.6 is 11.8 Å². The molecule has 178 valence electrons. The third kappa shape index (κ3) is 4.79. The highest BCUT2D eigenvalue weighted by Gasteiger charge is 2.38. The lowest BCUT2D eigenvalue weighted by atomic mass is 9.86. The number of thioether (sulfide) groups is 1. The van der Waals surface area contributed by atoms with Crippen molar-refractivity contribution in [1.82, 2.24) is 0 Å². The highest BCUT2D eigenvalue weighted by atomic mass is 32.2. The van der Waals surface area contributed by atoms with Gasteiger partial charge in [0.05, 0.1) is 22.8 Å². The van der Waals surface area contributed by atoms with Crippen molar-refractivity contribution in [2.45, 2.75) is 42.1 Å². The van der Waals surface area contributed by atoms with Gasteiger partial charge in [0.15, 0.2) is 6.10 Å². The third-order valence-electron chi connectivity index (χ3n) is 5.68. The lowest BCUT2D eigenvalue weighted by molar-refractivity contribution is -0.122. The lowest BCUT2D eigenvalue weighted by Crippen LogP contribution is -2.49. The van der Waals surface area contributed by atoms with Crippen LogP contribution in [0.4, 0.5) is 11.4 Å². The first-order valence-electron chi connectivity index (χ1n) is 10.9. The Morgan fingerprint density at radius 1 is 1.03 bits per heavy atom. The van der Waals surface area contributed by atoms with E-state index in [0.717, 1.165) is 10.5 Å². The van der Waals surface area contributed by atoms with Gasteiger partial charge in [0.2, 0.25) is 0 Å². The van der Waals surface area contributed by atoms with Gasteiger partial charge in [-0.3, -0.25) is 9.10 Å². The molecule has 6 nitrogen and oxygen atoms in total. The van der Waals surface area contributed by atoms with Crippen molar-refractivity contribution in [3.8, 4) is 5.75 Å². The van der Waals surface area contributed by atoms with E-state index in [-0.39, 0.29) is 16.9 Å². The summed E-state index contributed by atoms with van der Waals surface area (Å²) in [5.41, 5.74) is 1.88. The number of hydrogen-bond donors (Lipinski definition) is 1. The zero-order valence-electron chi connectivity index (χ0n) is 19.6. The van der Waals surface area contributed by atoms with Crippen molar-refractivity contribution in [2.24, 2.45) is 0 Å². The molecule has 0 unspecified atom stereocenters. The Labute approximate surface area is 205 Å². The van der Waals surface area contributed by atoms with Gasteiger partial charge in [0.25, 0.3) is 15.9 Å². The molecule has 1 atom stereocenters. The van der Waals surface area contributed by atoms with Gasteiger partial charge in [-0.2, -0.15) is 0 Å². The molecule has 8 heteroatoms. The molecule has 1 aliphatic rings. The van der Waals surface area contributed by atoms with Crippen LogP contribution in [0.15, 0.2) is 82.6 Å². The fourth-order valence-corrected chi connectivity index (χ4v) is 5.81. The number of nitrogens with zero attached hydrogens (tertiary/aromatic N) is 1. The number of hydrogen-bond acceptors (Lipinski definition) is 5. The van der Waals surface area contributed by atoms with E-state index in [4.69, 9.17) is 4.74 Å². The number of fused-ring (bicyclic) bond motifs is 1. The maximum Gasteiger partial charge on any atom is 0.267 e. The maximum absolute atomic E-state index is 13.7. The van der Waals surface area contributed by atoms with Crippen molar-refractivity contribution in [3.05, 3.63) is 78.4 Å². The van der Waals surface area contributed by atoms with Gasteiger partial charge < -0.3 is 10.1 Å². The molecule has 0 aromatic heterocycles. The van der Waals surface area contributed by atoms with Crippen molar-refractivity contribution in [3.63, 3.8) is 0 Å². The molecule has 1 N–H and O–H groups in total. The number of ether oxygens (including phenoxy) is 1. The topological polar surface area (TPSA) is 75.7 Å². The molecule has 0 aliphatic carbocycles. The SMILES string of the molecule is CSc1ccccc1NC(=O)[C@H]1CN(S(=O)(=O)c2ccccc2)c2cc(C(C)(C)C)ccc2O1. The molecule has 0 radical (unpaired) electrons. The molecule has 1 amide bonds. The molecule has 34 heavy (non-hydrogen) atoms. The van der Waals surface area contributed by atoms with Crippen LogP contribution in [0.25, 0.3) is 0 Å². The molecular weight excluding hydrogens is 468 g/mol. The van der Waals surface area contributed by atoms with E-state index in [2.05, 4.69) is 26.1 Å². The first-order valence-corrected chi connectivity index (χ1v) is 13.6. The Morgan fingerprint density at radius 2 is 1.71 bits per heavy atom. The molecule has 0 saturated carbocycles. The van der Waals surface area contributed by atoms with Crippen LogP contribution in [0, 0.1) is 0 Å². The fraction of sp³-hybridized carbons (Fsp3) is 0.269.